The van der Waals surface area contributed by atoms with Crippen molar-refractivity contribution in [3.63, 3.8) is 0 Å². The molecule has 4 heteroatoms. The van der Waals surface area contributed by atoms with Gasteiger partial charge in [0.05, 0.1) is 17.4 Å². The van der Waals surface area contributed by atoms with Crippen molar-refractivity contribution in [3.05, 3.63) is 65.0 Å². The van der Waals surface area contributed by atoms with Gasteiger partial charge in [-0.2, -0.15) is 0 Å². The molecule has 4 nitrogen and oxygen atoms in total. The Morgan fingerprint density at radius 2 is 1.87 bits per heavy atom. The highest BCUT2D eigenvalue weighted by Crippen LogP contribution is 2.20. The number of aromatic nitrogens is 1. The third-order valence-electron chi connectivity index (χ3n) is 3.88. The van der Waals surface area contributed by atoms with Gasteiger partial charge in [0.2, 0.25) is 0 Å². The zero-order valence-corrected chi connectivity index (χ0v) is 13.9. The van der Waals surface area contributed by atoms with E-state index in [9.17, 15) is 9.90 Å². The van der Waals surface area contributed by atoms with E-state index in [1.165, 1.54) is 0 Å². The van der Waals surface area contributed by atoms with Crippen LogP contribution in [-0.4, -0.2) is 28.6 Å². The Kier molecular flexibility index (Phi) is 5.88. The predicted molar refractivity (Wildman–Crippen MR) is 91.5 cm³/mol. The van der Waals surface area contributed by atoms with E-state index in [1.54, 1.807) is 13.0 Å². The monoisotopic (exact) mass is 312 g/mol. The Labute approximate surface area is 137 Å². The molecule has 0 saturated heterocycles. The molecule has 23 heavy (non-hydrogen) atoms. The van der Waals surface area contributed by atoms with E-state index in [0.717, 1.165) is 17.0 Å². The summed E-state index contributed by atoms with van der Waals surface area (Å²) in [7, 11) is 0. The Morgan fingerprint density at radius 3 is 2.48 bits per heavy atom. The predicted octanol–water partition coefficient (Wildman–Crippen LogP) is 2.98. The highest BCUT2D eigenvalue weighted by Gasteiger charge is 2.17. The molecule has 1 heterocycles. The van der Waals surface area contributed by atoms with Crippen molar-refractivity contribution >= 4 is 5.91 Å². The summed E-state index contributed by atoms with van der Waals surface area (Å²) in [5.41, 5.74) is 3.34. The lowest BCUT2D eigenvalue weighted by Crippen LogP contribution is -2.30. The molecular formula is C19H24N2O2. The molecule has 2 atom stereocenters. The van der Waals surface area contributed by atoms with Crippen LogP contribution in [0.2, 0.25) is 0 Å². The number of rotatable bonds is 6. The smallest absolute Gasteiger partial charge is 0.253 e. The number of nitrogens with one attached hydrogen (secondary N) is 1. The normalized spacial score (nSPS) is 13.4. The lowest BCUT2D eigenvalue weighted by molar-refractivity contribution is 0.0944. The topological polar surface area (TPSA) is 62.2 Å². The van der Waals surface area contributed by atoms with Crippen LogP contribution in [-0.2, 0) is 0 Å². The summed E-state index contributed by atoms with van der Waals surface area (Å²) in [4.78, 5) is 16.7. The first kappa shape index (κ1) is 17.2. The van der Waals surface area contributed by atoms with E-state index in [1.807, 2.05) is 50.2 Å². The summed E-state index contributed by atoms with van der Waals surface area (Å²) in [6.07, 6.45) is 0.190. The zero-order chi connectivity index (χ0) is 16.8. The molecule has 2 aromatic rings. The van der Waals surface area contributed by atoms with E-state index in [2.05, 4.69) is 10.3 Å². The molecule has 0 spiro atoms. The van der Waals surface area contributed by atoms with Crippen LogP contribution in [0.3, 0.4) is 0 Å². The molecule has 0 saturated carbocycles. The molecule has 1 amide bonds. The molecule has 122 valence electrons. The van der Waals surface area contributed by atoms with Crippen LogP contribution >= 0.6 is 0 Å². The zero-order valence-electron chi connectivity index (χ0n) is 13.9. The van der Waals surface area contributed by atoms with Crippen molar-refractivity contribution in [1.29, 1.82) is 0 Å². The third kappa shape index (κ3) is 4.89. The van der Waals surface area contributed by atoms with Crippen LogP contribution < -0.4 is 5.32 Å². The van der Waals surface area contributed by atoms with Crippen LogP contribution in [0.1, 0.15) is 46.6 Å². The van der Waals surface area contributed by atoms with Crippen molar-refractivity contribution in [2.24, 2.45) is 0 Å². The fourth-order valence-electron chi connectivity index (χ4n) is 2.71. The van der Waals surface area contributed by atoms with Crippen LogP contribution in [0.25, 0.3) is 0 Å². The van der Waals surface area contributed by atoms with E-state index in [0.29, 0.717) is 18.5 Å². The Morgan fingerprint density at radius 1 is 1.17 bits per heavy atom. The lowest BCUT2D eigenvalue weighted by Gasteiger charge is -2.20. The van der Waals surface area contributed by atoms with Gasteiger partial charge < -0.3 is 10.4 Å². The van der Waals surface area contributed by atoms with E-state index >= 15 is 0 Å². The minimum Gasteiger partial charge on any atom is -0.393 e. The number of aliphatic hydroxyl groups excluding tert-OH is 1. The summed E-state index contributed by atoms with van der Waals surface area (Å²) >= 11 is 0. The first-order chi connectivity index (χ1) is 11.0. The molecule has 0 aliphatic rings. The average Bonchev–Trinajstić information content (AvgIpc) is 2.51. The van der Waals surface area contributed by atoms with Crippen molar-refractivity contribution in [2.75, 3.05) is 6.54 Å². The number of benzene rings is 1. The number of carbonyl (C=O) groups excluding carboxylic acids is 1. The van der Waals surface area contributed by atoms with Gasteiger partial charge in [-0.3, -0.25) is 9.78 Å². The quantitative estimate of drug-likeness (QED) is 0.862. The van der Waals surface area contributed by atoms with Crippen LogP contribution in [0.5, 0.6) is 0 Å². The maximum absolute atomic E-state index is 12.4. The molecule has 1 aromatic heterocycles. The van der Waals surface area contributed by atoms with Gasteiger partial charge in [0, 0.05) is 18.2 Å². The number of aryl methyl sites for hydroxylation is 2. The number of nitrogens with zero attached hydrogens (tertiary/aromatic N) is 1. The molecule has 2 unspecified atom stereocenters. The first-order valence-electron chi connectivity index (χ1n) is 7.93. The first-order valence-corrected chi connectivity index (χ1v) is 7.93. The van der Waals surface area contributed by atoms with Crippen molar-refractivity contribution in [2.45, 2.75) is 39.2 Å². The minimum atomic E-state index is -0.417. The van der Waals surface area contributed by atoms with E-state index < -0.39 is 6.10 Å². The highest BCUT2D eigenvalue weighted by atomic mass is 16.3. The van der Waals surface area contributed by atoms with Crippen LogP contribution in [0.4, 0.5) is 0 Å². The van der Waals surface area contributed by atoms with Gasteiger partial charge in [-0.15, -0.1) is 0 Å². The number of hydrogen-bond acceptors (Lipinski definition) is 3. The molecule has 0 bridgehead atoms. The third-order valence-corrected chi connectivity index (χ3v) is 3.88. The summed E-state index contributed by atoms with van der Waals surface area (Å²) in [6, 6.07) is 13.6. The second-order valence-corrected chi connectivity index (χ2v) is 5.99. The molecule has 0 aliphatic carbocycles. The Hall–Kier alpha value is -2.20. The fourth-order valence-corrected chi connectivity index (χ4v) is 2.71. The average molecular weight is 312 g/mol. The standard InChI is InChI=1S/C19H24N2O2/c1-13-9-10-18(15(3)21-13)19(23)20-12-17(11-14(2)22)16-7-5-4-6-8-16/h4-10,14,17,22H,11-12H2,1-3H3,(H,20,23). The van der Waals surface area contributed by atoms with Gasteiger partial charge in [-0.25, -0.2) is 0 Å². The van der Waals surface area contributed by atoms with E-state index in [-0.39, 0.29) is 11.8 Å². The molecule has 0 aliphatic heterocycles. The Balaban J connectivity index is 2.07. The Bertz CT molecular complexity index is 654. The van der Waals surface area contributed by atoms with Gasteiger partial charge in [0.15, 0.2) is 0 Å². The summed E-state index contributed by atoms with van der Waals surface area (Å²) < 4.78 is 0. The number of aliphatic hydroxyl groups is 1. The molecule has 2 rings (SSSR count). The van der Waals surface area contributed by atoms with Gasteiger partial charge in [-0.05, 0) is 44.9 Å². The lowest BCUT2D eigenvalue weighted by atomic mass is 9.93. The largest absolute Gasteiger partial charge is 0.393 e. The molecule has 2 N–H and O–H groups in total. The summed E-state index contributed by atoms with van der Waals surface area (Å²) in [5.74, 6) is -0.0413. The number of amides is 1. The van der Waals surface area contributed by atoms with Gasteiger partial charge in [0.25, 0.3) is 5.91 Å². The van der Waals surface area contributed by atoms with Gasteiger partial charge in [0.1, 0.15) is 0 Å². The number of pyridine rings is 1. The minimum absolute atomic E-state index is 0.0823. The van der Waals surface area contributed by atoms with Crippen LogP contribution in [0, 0.1) is 13.8 Å². The van der Waals surface area contributed by atoms with Gasteiger partial charge in [-0.1, -0.05) is 30.3 Å². The second-order valence-electron chi connectivity index (χ2n) is 5.99. The van der Waals surface area contributed by atoms with Crippen molar-refractivity contribution in [3.8, 4) is 0 Å². The SMILES string of the molecule is Cc1ccc(C(=O)NCC(CC(C)O)c2ccccc2)c(C)n1. The summed E-state index contributed by atoms with van der Waals surface area (Å²) in [5, 5.41) is 12.7. The summed E-state index contributed by atoms with van der Waals surface area (Å²) in [6.45, 7) is 6.00. The molecule has 1 aromatic carbocycles. The molecule has 0 fully saturated rings. The second kappa shape index (κ2) is 7.88. The maximum Gasteiger partial charge on any atom is 0.253 e. The van der Waals surface area contributed by atoms with Crippen molar-refractivity contribution < 1.29 is 9.90 Å². The van der Waals surface area contributed by atoms with Crippen molar-refractivity contribution in [1.82, 2.24) is 10.3 Å². The van der Waals surface area contributed by atoms with Gasteiger partial charge >= 0.3 is 0 Å². The molecular weight excluding hydrogens is 288 g/mol. The number of hydrogen-bond donors (Lipinski definition) is 2. The van der Waals surface area contributed by atoms with Crippen LogP contribution in [0.15, 0.2) is 42.5 Å². The maximum atomic E-state index is 12.4. The highest BCUT2D eigenvalue weighted by molar-refractivity contribution is 5.95. The van der Waals surface area contributed by atoms with E-state index in [4.69, 9.17) is 0 Å². The molecule has 0 radical (unpaired) electrons. The fraction of sp³-hybridized carbons (Fsp3) is 0.368. The number of carbonyl (C=O) groups is 1.